The highest BCUT2D eigenvalue weighted by atomic mass is 32.2. The molecule has 7 aromatic rings. The highest BCUT2D eigenvalue weighted by Crippen LogP contribution is 2.34. The second kappa shape index (κ2) is 25.6. The largest absolute Gasteiger partial charge is 0.495 e. The number of hydrogen-bond donors (Lipinski definition) is 5. The molecule has 406 valence electrons. The van der Waals surface area contributed by atoms with Crippen LogP contribution in [0.3, 0.4) is 0 Å². The van der Waals surface area contributed by atoms with Gasteiger partial charge in [-0.15, -0.1) is 0 Å². The quantitative estimate of drug-likeness (QED) is 0.0383. The number of nitrogens with zero attached hydrogens (tertiary/aromatic N) is 2. The average Bonchev–Trinajstić information content (AvgIpc) is 3.98. The van der Waals surface area contributed by atoms with Crippen molar-refractivity contribution in [1.29, 1.82) is 0 Å². The number of aromatic amines is 1. The molecule has 0 unspecified atom stereocenters. The maximum absolute atomic E-state index is 13.4. The summed E-state index contributed by atoms with van der Waals surface area (Å²) in [5.74, 6) is 1.81. The monoisotopic (exact) mass is 1070 g/mol. The molecule has 0 spiro atoms. The van der Waals surface area contributed by atoms with Crippen LogP contribution < -0.4 is 36.0 Å². The first kappa shape index (κ1) is 55.7. The summed E-state index contributed by atoms with van der Waals surface area (Å²) in [5, 5.41) is 17.9. The number of sulfonamides is 1. The van der Waals surface area contributed by atoms with Gasteiger partial charge < -0.3 is 50.1 Å². The van der Waals surface area contributed by atoms with Crippen LogP contribution in [0.2, 0.25) is 0 Å². The Balaban J connectivity index is 0.000000208. The van der Waals surface area contributed by atoms with Crippen molar-refractivity contribution in [2.45, 2.75) is 69.2 Å². The molecule has 1 aromatic heterocycles. The average molecular weight is 1070 g/mol. The number of amides is 2. The molecule has 6 N–H and O–H groups in total. The number of para-hydroxylation sites is 2. The van der Waals surface area contributed by atoms with E-state index in [1.165, 1.54) is 45.3 Å². The van der Waals surface area contributed by atoms with Crippen LogP contribution in [0, 0.1) is 5.92 Å². The molecule has 1 fully saturated rings. The Bertz CT molecular complexity index is 3310. The van der Waals surface area contributed by atoms with Crippen molar-refractivity contribution < 1.29 is 46.8 Å². The molecule has 18 heteroatoms. The van der Waals surface area contributed by atoms with Crippen molar-refractivity contribution >= 4 is 55.2 Å². The van der Waals surface area contributed by atoms with E-state index < -0.39 is 28.3 Å². The number of aliphatic hydroxyl groups excluding tert-OH is 1. The zero-order valence-corrected chi connectivity index (χ0v) is 44.9. The van der Waals surface area contributed by atoms with Crippen LogP contribution >= 0.6 is 0 Å². The fourth-order valence-corrected chi connectivity index (χ4v) is 11.2. The molecule has 3 atom stereocenters. The number of benzene rings is 6. The second-order valence-corrected chi connectivity index (χ2v) is 21.6. The van der Waals surface area contributed by atoms with E-state index in [-0.39, 0.29) is 41.3 Å². The number of carbonyl (C=O) groups excluding carboxylic acids is 2. The first-order chi connectivity index (χ1) is 37.1. The summed E-state index contributed by atoms with van der Waals surface area (Å²) >= 11 is 0. The molecule has 2 aliphatic rings. The van der Waals surface area contributed by atoms with Gasteiger partial charge in [-0.2, -0.15) is 4.31 Å². The van der Waals surface area contributed by atoms with E-state index in [4.69, 9.17) is 29.4 Å². The number of carbonyl (C=O) groups is 2. The SMILES string of the molecule is CC(C)CN(C[C@@H](O)[C@H](Cc1ccccc1)NC(=O)O[C@H]1CCOC1)S(=O)(=O)c1ccc(N)cc1.COc1cc2c(cc1OC)CN(CCc1ccc(NC(=O)c3cccc4c(=O)c5cccc(OC)c5[nH]c34)cc1)CC2. The van der Waals surface area contributed by atoms with Crippen LogP contribution in [-0.4, -0.2) is 119 Å². The number of nitrogens with two attached hydrogens (primary N) is 1. The number of fused-ring (bicyclic) bond motifs is 3. The van der Waals surface area contributed by atoms with Crippen LogP contribution in [0.25, 0.3) is 21.8 Å². The van der Waals surface area contributed by atoms with Crippen molar-refractivity contribution in [3.63, 3.8) is 0 Å². The van der Waals surface area contributed by atoms with Gasteiger partial charge in [0, 0.05) is 61.3 Å². The van der Waals surface area contributed by atoms with E-state index in [1.807, 2.05) is 68.4 Å². The van der Waals surface area contributed by atoms with Gasteiger partial charge >= 0.3 is 6.09 Å². The molecular formula is C59H68N6O11S. The van der Waals surface area contributed by atoms with Crippen LogP contribution in [0.5, 0.6) is 17.2 Å². The number of aromatic nitrogens is 1. The van der Waals surface area contributed by atoms with Crippen molar-refractivity contribution in [2.24, 2.45) is 5.92 Å². The molecule has 0 bridgehead atoms. The van der Waals surface area contributed by atoms with Gasteiger partial charge in [-0.3, -0.25) is 14.5 Å². The van der Waals surface area contributed by atoms with Gasteiger partial charge in [0.25, 0.3) is 5.91 Å². The van der Waals surface area contributed by atoms with Gasteiger partial charge in [0.05, 0.1) is 68.2 Å². The third-order valence-electron chi connectivity index (χ3n) is 13.7. The third kappa shape index (κ3) is 13.9. The molecular weight excluding hydrogens is 1000 g/mol. The number of anilines is 2. The Morgan fingerprint density at radius 1 is 0.818 bits per heavy atom. The second-order valence-electron chi connectivity index (χ2n) is 19.7. The Morgan fingerprint density at radius 2 is 1.49 bits per heavy atom. The number of H-pyrrole nitrogens is 1. The number of alkyl carbamates (subject to hydrolysis) is 1. The molecule has 2 aliphatic heterocycles. The Labute approximate surface area is 449 Å². The summed E-state index contributed by atoms with van der Waals surface area (Å²) in [4.78, 5) is 44.9. The Hall–Kier alpha value is -7.48. The first-order valence-corrected chi connectivity index (χ1v) is 27.2. The predicted octanol–water partition coefficient (Wildman–Crippen LogP) is 7.96. The van der Waals surface area contributed by atoms with E-state index in [9.17, 15) is 27.9 Å². The Kier molecular flexibility index (Phi) is 18.5. The van der Waals surface area contributed by atoms with Crippen LogP contribution in [-0.2, 0) is 45.3 Å². The van der Waals surface area contributed by atoms with Crippen molar-refractivity contribution in [3.05, 3.63) is 165 Å². The summed E-state index contributed by atoms with van der Waals surface area (Å²) in [6.07, 6.45) is 0.589. The van der Waals surface area contributed by atoms with Crippen molar-refractivity contribution in [3.8, 4) is 17.2 Å². The van der Waals surface area contributed by atoms with E-state index in [0.717, 1.165) is 49.5 Å². The third-order valence-corrected chi connectivity index (χ3v) is 15.6. The molecule has 0 saturated carbocycles. The van der Waals surface area contributed by atoms with E-state index in [0.29, 0.717) is 70.5 Å². The van der Waals surface area contributed by atoms with Crippen molar-refractivity contribution in [1.82, 2.24) is 19.5 Å². The summed E-state index contributed by atoms with van der Waals surface area (Å²) in [6.45, 7) is 7.46. The normalized spacial score (nSPS) is 15.3. The highest BCUT2D eigenvalue weighted by molar-refractivity contribution is 7.89. The fourth-order valence-electron chi connectivity index (χ4n) is 9.62. The lowest BCUT2D eigenvalue weighted by molar-refractivity contribution is 0.0644. The fraction of sp³-hybridized carbons (Fsp3) is 0.339. The summed E-state index contributed by atoms with van der Waals surface area (Å²) in [5.41, 5.74) is 12.8. The molecule has 9 rings (SSSR count). The lowest BCUT2D eigenvalue weighted by Crippen LogP contribution is -2.51. The lowest BCUT2D eigenvalue weighted by Gasteiger charge is -2.30. The number of methoxy groups -OCH3 is 3. The van der Waals surface area contributed by atoms with Gasteiger partial charge in [0.1, 0.15) is 11.9 Å². The van der Waals surface area contributed by atoms with Gasteiger partial charge in [-0.1, -0.05) is 68.4 Å². The number of ether oxygens (including phenoxy) is 5. The number of aliphatic hydroxyl groups is 1. The maximum atomic E-state index is 13.4. The molecule has 17 nitrogen and oxygen atoms in total. The summed E-state index contributed by atoms with van der Waals surface area (Å²) in [6, 6.07) is 37.1. The van der Waals surface area contributed by atoms with Crippen LogP contribution in [0.4, 0.5) is 16.2 Å². The standard InChI is InChI=1S/C34H33N3O5.C25H35N3O6S/c1-40-28-9-5-7-26-32(28)36-31-25(33(26)38)6-4-8-27(31)34(39)35-24-12-10-21(11-13-24)14-16-37-17-15-22-18-29(41-2)30(42-3)19-23(22)20-37;1-18(2)15-28(35(31,32)22-10-8-20(26)9-11-22)16-24(29)23(14-19-6-4-3-5-7-19)27-25(30)34-21-12-13-33-17-21/h4-13,18-19H,14-17,20H2,1-3H3,(H,35,39)(H,36,38);3-11,18,21,23-24,29H,12-17,26H2,1-2H3,(H,27,30)/t;21-,23-,24+/m.0/s1. The van der Waals surface area contributed by atoms with Crippen molar-refractivity contribution in [2.75, 3.05) is 71.8 Å². The smallest absolute Gasteiger partial charge is 0.407 e. The zero-order chi connectivity index (χ0) is 54.6. The maximum Gasteiger partial charge on any atom is 0.407 e. The van der Waals surface area contributed by atoms with Gasteiger partial charge in [0.15, 0.2) is 16.9 Å². The number of hydrogen-bond acceptors (Lipinski definition) is 13. The molecule has 0 radical (unpaired) electrons. The molecule has 3 heterocycles. The van der Waals surface area contributed by atoms with E-state index >= 15 is 0 Å². The summed E-state index contributed by atoms with van der Waals surface area (Å²) in [7, 11) is 0.985. The minimum absolute atomic E-state index is 0.0126. The molecule has 2 amide bonds. The van der Waals surface area contributed by atoms with Crippen LogP contribution in [0.15, 0.2) is 137 Å². The molecule has 6 aromatic carbocycles. The summed E-state index contributed by atoms with van der Waals surface area (Å²) < 4.78 is 55.1. The van der Waals surface area contributed by atoms with Gasteiger partial charge in [0.2, 0.25) is 10.0 Å². The number of nitrogens with one attached hydrogen (secondary N) is 3. The van der Waals surface area contributed by atoms with Gasteiger partial charge in [-0.05, 0) is 120 Å². The molecule has 0 aliphatic carbocycles. The number of rotatable bonds is 19. The van der Waals surface area contributed by atoms with Crippen LogP contribution in [0.1, 0.15) is 52.9 Å². The number of pyridine rings is 1. The molecule has 77 heavy (non-hydrogen) atoms. The Morgan fingerprint density at radius 3 is 2.16 bits per heavy atom. The minimum Gasteiger partial charge on any atom is -0.495 e. The predicted molar refractivity (Wildman–Crippen MR) is 298 cm³/mol. The zero-order valence-electron chi connectivity index (χ0n) is 44.1. The number of nitrogen functional groups attached to an aromatic ring is 1. The van der Waals surface area contributed by atoms with Gasteiger partial charge in [-0.25, -0.2) is 13.2 Å². The molecule has 1 saturated heterocycles. The highest BCUT2D eigenvalue weighted by Gasteiger charge is 2.32. The minimum atomic E-state index is -3.90. The van der Waals surface area contributed by atoms with E-state index in [1.54, 1.807) is 57.7 Å². The topological polar surface area (TPSA) is 224 Å². The first-order valence-electron chi connectivity index (χ1n) is 25.7. The lowest BCUT2D eigenvalue weighted by atomic mass is 9.98. The van der Waals surface area contributed by atoms with E-state index in [2.05, 4.69) is 32.7 Å².